The fourth-order valence-electron chi connectivity index (χ4n) is 2.25. The molecule has 0 fully saturated rings. The normalized spacial score (nSPS) is 13.3. The second-order valence-corrected chi connectivity index (χ2v) is 7.51. The molecule has 10 heteroatoms. The van der Waals surface area contributed by atoms with Gasteiger partial charge < -0.3 is 31.0 Å². The number of nitrogens with zero attached hydrogens (tertiary/aromatic N) is 1. The average molecular weight is 465 g/mol. The van der Waals surface area contributed by atoms with Crippen molar-refractivity contribution in [1.82, 2.24) is 15.3 Å². The predicted molar refractivity (Wildman–Crippen MR) is 122 cm³/mol. The van der Waals surface area contributed by atoms with Crippen molar-refractivity contribution in [1.29, 1.82) is 0 Å². The monoisotopic (exact) mass is 464 g/mol. The summed E-state index contributed by atoms with van der Waals surface area (Å²) in [7, 11) is 0. The minimum atomic E-state index is -0.751. The molecule has 0 aliphatic rings. The molecule has 2 aromatic rings. The summed E-state index contributed by atoms with van der Waals surface area (Å²) in [6, 6.07) is 8.61. The van der Waals surface area contributed by atoms with Crippen LogP contribution in [0.15, 0.2) is 42.9 Å². The molecule has 1 amide bonds. The number of aliphatic hydroxyl groups excluding tert-OH is 2. The van der Waals surface area contributed by atoms with Gasteiger partial charge in [-0.2, -0.15) is 0 Å². The van der Waals surface area contributed by atoms with E-state index in [1.165, 1.54) is 0 Å². The van der Waals surface area contributed by atoms with Crippen molar-refractivity contribution >= 4 is 30.9 Å². The maximum atomic E-state index is 11.6. The van der Waals surface area contributed by atoms with Gasteiger partial charge in [0.15, 0.2) is 0 Å². The van der Waals surface area contributed by atoms with E-state index in [2.05, 4.69) is 15.3 Å². The fraction of sp³-hybridized carbons (Fsp3) is 0.500. The number of aliphatic hydroxyl groups is 2. The molecule has 0 aliphatic carbocycles. The molecule has 6 N–H and O–H groups in total. The Morgan fingerprint density at radius 3 is 2.33 bits per heavy atom. The van der Waals surface area contributed by atoms with Gasteiger partial charge in [0.1, 0.15) is 5.60 Å². The zero-order valence-electron chi connectivity index (χ0n) is 17.7. The summed E-state index contributed by atoms with van der Waals surface area (Å²) < 4.78 is 5.13. The summed E-state index contributed by atoms with van der Waals surface area (Å²) in [5, 5.41) is 21.3. The number of hydrogen-bond donors (Lipinski definition) is 5. The van der Waals surface area contributed by atoms with Crippen molar-refractivity contribution in [2.45, 2.75) is 57.9 Å². The number of benzene rings is 1. The number of nitrogens with one attached hydrogen (secondary N) is 2. The zero-order valence-corrected chi connectivity index (χ0v) is 19.4. The van der Waals surface area contributed by atoms with Crippen LogP contribution in [0, 0.1) is 0 Å². The maximum Gasteiger partial charge on any atom is 0.407 e. The number of hydrogen-bond acceptors (Lipinski definition) is 6. The van der Waals surface area contributed by atoms with Crippen LogP contribution in [0.4, 0.5) is 4.79 Å². The molecule has 1 unspecified atom stereocenters. The summed E-state index contributed by atoms with van der Waals surface area (Å²) in [5.41, 5.74) is 6.65. The number of rotatable bonds is 6. The quantitative estimate of drug-likeness (QED) is 0.446. The van der Waals surface area contributed by atoms with Crippen molar-refractivity contribution < 1.29 is 19.7 Å². The Hall–Kier alpha value is -1.84. The van der Waals surface area contributed by atoms with Gasteiger partial charge in [0.05, 0.1) is 25.1 Å². The Bertz CT molecular complexity index is 682. The minimum absolute atomic E-state index is 0. The number of H-pyrrole nitrogens is 1. The molecule has 1 heterocycles. The van der Waals surface area contributed by atoms with Crippen LogP contribution in [-0.4, -0.2) is 50.6 Å². The van der Waals surface area contributed by atoms with Crippen LogP contribution in [-0.2, 0) is 11.2 Å². The summed E-state index contributed by atoms with van der Waals surface area (Å²) in [4.78, 5) is 18.3. The van der Waals surface area contributed by atoms with Crippen LogP contribution in [0.5, 0.6) is 0 Å². The topological polar surface area (TPSA) is 133 Å². The van der Waals surface area contributed by atoms with Gasteiger partial charge in [-0.25, -0.2) is 9.78 Å². The molecule has 8 nitrogen and oxygen atoms in total. The molecule has 0 aliphatic heterocycles. The Morgan fingerprint density at radius 1 is 1.27 bits per heavy atom. The van der Waals surface area contributed by atoms with E-state index in [9.17, 15) is 9.90 Å². The summed E-state index contributed by atoms with van der Waals surface area (Å²) in [6.45, 7) is 7.14. The van der Waals surface area contributed by atoms with Gasteiger partial charge in [-0.15, -0.1) is 24.8 Å². The molecular weight excluding hydrogens is 431 g/mol. The first-order valence-electron chi connectivity index (χ1n) is 9.18. The number of ether oxygens (including phenoxy) is 1. The molecule has 0 spiro atoms. The largest absolute Gasteiger partial charge is 0.444 e. The third-order valence-electron chi connectivity index (χ3n) is 3.63. The van der Waals surface area contributed by atoms with Crippen molar-refractivity contribution in [2.24, 2.45) is 5.73 Å². The van der Waals surface area contributed by atoms with E-state index in [1.807, 2.05) is 30.3 Å². The van der Waals surface area contributed by atoms with E-state index in [-0.39, 0.29) is 37.5 Å². The standard InChI is InChI=1S/C14H21NO3.C6H11N3O.2ClH/c1-10(15-13(17)18-14(2,3)4)12(16)11-8-6-5-7-9-11;7-5(3-10)1-6-2-8-4-9-6;;/h5-10,12,16H,1-4H3,(H,15,17);2,4-5,10H,1,3,7H2,(H,8,9);2*1H/t10-,12?;5-;;/m00../s1. The number of aromatic amines is 1. The van der Waals surface area contributed by atoms with Crippen LogP contribution in [0.2, 0.25) is 0 Å². The van der Waals surface area contributed by atoms with Crippen molar-refractivity contribution in [3.05, 3.63) is 54.1 Å². The number of amides is 1. The average Bonchev–Trinajstić information content (AvgIpc) is 3.13. The number of imidazole rings is 1. The molecule has 172 valence electrons. The number of alkyl carbamates (subject to hydrolysis) is 1. The van der Waals surface area contributed by atoms with Crippen LogP contribution >= 0.6 is 24.8 Å². The molecule has 2 rings (SSSR count). The Morgan fingerprint density at radius 2 is 1.87 bits per heavy atom. The Labute approximate surface area is 190 Å². The highest BCUT2D eigenvalue weighted by Gasteiger charge is 2.22. The minimum Gasteiger partial charge on any atom is -0.444 e. The number of aromatic nitrogens is 2. The van der Waals surface area contributed by atoms with E-state index in [0.29, 0.717) is 6.42 Å². The zero-order chi connectivity index (χ0) is 21.2. The number of nitrogens with two attached hydrogens (primary N) is 1. The van der Waals surface area contributed by atoms with Gasteiger partial charge in [-0.3, -0.25) is 0 Å². The highest BCUT2D eigenvalue weighted by atomic mass is 35.5. The highest BCUT2D eigenvalue weighted by molar-refractivity contribution is 5.85. The second kappa shape index (κ2) is 15.0. The molecule has 0 saturated heterocycles. The third-order valence-corrected chi connectivity index (χ3v) is 3.63. The van der Waals surface area contributed by atoms with Gasteiger partial charge in [0.25, 0.3) is 0 Å². The van der Waals surface area contributed by atoms with E-state index in [4.69, 9.17) is 15.6 Å². The molecule has 0 bridgehead atoms. The first-order chi connectivity index (χ1) is 13.1. The van der Waals surface area contributed by atoms with E-state index >= 15 is 0 Å². The molecule has 1 aromatic carbocycles. The lowest BCUT2D eigenvalue weighted by Gasteiger charge is -2.24. The fourth-order valence-corrected chi connectivity index (χ4v) is 2.25. The van der Waals surface area contributed by atoms with Crippen LogP contribution in [0.1, 0.15) is 45.1 Å². The van der Waals surface area contributed by atoms with Crippen molar-refractivity contribution in [3.8, 4) is 0 Å². The third kappa shape index (κ3) is 12.7. The van der Waals surface area contributed by atoms with Crippen LogP contribution in [0.3, 0.4) is 0 Å². The van der Waals surface area contributed by atoms with Gasteiger partial charge in [-0.05, 0) is 33.3 Å². The Balaban J connectivity index is 0. The maximum absolute atomic E-state index is 11.6. The molecular formula is C20H34Cl2N4O4. The van der Waals surface area contributed by atoms with E-state index < -0.39 is 23.8 Å². The Kier molecular flexibility index (Phi) is 15.2. The van der Waals surface area contributed by atoms with E-state index in [1.54, 1.807) is 40.2 Å². The number of carbonyl (C=O) groups is 1. The summed E-state index contributed by atoms with van der Waals surface area (Å²) in [5.74, 6) is 0. The molecule has 0 radical (unpaired) electrons. The first-order valence-corrected chi connectivity index (χ1v) is 9.18. The molecule has 1 aromatic heterocycles. The lowest BCUT2D eigenvalue weighted by Crippen LogP contribution is -2.40. The first kappa shape index (κ1) is 30.4. The van der Waals surface area contributed by atoms with Gasteiger partial charge in [-0.1, -0.05) is 30.3 Å². The highest BCUT2D eigenvalue weighted by Crippen LogP contribution is 2.16. The lowest BCUT2D eigenvalue weighted by atomic mass is 10.0. The number of carbonyl (C=O) groups excluding carboxylic acids is 1. The smallest absolute Gasteiger partial charge is 0.407 e. The molecule has 3 atom stereocenters. The molecule has 30 heavy (non-hydrogen) atoms. The van der Waals surface area contributed by atoms with Gasteiger partial charge >= 0.3 is 6.09 Å². The predicted octanol–water partition coefficient (Wildman–Crippen LogP) is 2.75. The molecule has 0 saturated carbocycles. The van der Waals surface area contributed by atoms with Gasteiger partial charge in [0, 0.05) is 24.4 Å². The van der Waals surface area contributed by atoms with Crippen molar-refractivity contribution in [3.63, 3.8) is 0 Å². The number of halogens is 2. The van der Waals surface area contributed by atoms with Gasteiger partial charge in [0.2, 0.25) is 0 Å². The SMILES string of the molecule is C[C@H](NC(=O)OC(C)(C)C)C(O)c1ccccc1.Cl.Cl.N[C@H](CO)Cc1cnc[nH]1. The van der Waals surface area contributed by atoms with Crippen LogP contribution in [0.25, 0.3) is 0 Å². The lowest BCUT2D eigenvalue weighted by molar-refractivity contribution is 0.0436. The summed E-state index contributed by atoms with van der Waals surface area (Å²) >= 11 is 0. The van der Waals surface area contributed by atoms with E-state index in [0.717, 1.165) is 11.3 Å². The summed E-state index contributed by atoms with van der Waals surface area (Å²) in [6.07, 6.45) is 2.68. The van der Waals surface area contributed by atoms with Crippen molar-refractivity contribution in [2.75, 3.05) is 6.61 Å². The van der Waals surface area contributed by atoms with Crippen LogP contribution < -0.4 is 11.1 Å². The second-order valence-electron chi connectivity index (χ2n) is 7.51.